The molecule has 1 heterocycles. The molecule has 148 valence electrons. The minimum atomic E-state index is -3.86. The first-order valence-corrected chi connectivity index (χ1v) is 10.5. The van der Waals surface area contributed by atoms with E-state index in [4.69, 9.17) is 16.3 Å². The van der Waals surface area contributed by atoms with Crippen molar-refractivity contribution in [1.29, 1.82) is 0 Å². The lowest BCUT2D eigenvalue weighted by Crippen LogP contribution is -2.25. The van der Waals surface area contributed by atoms with Crippen molar-refractivity contribution in [2.45, 2.75) is 25.2 Å². The molecule has 0 bridgehead atoms. The lowest BCUT2D eigenvalue weighted by Gasteiger charge is -2.15. The van der Waals surface area contributed by atoms with E-state index in [9.17, 15) is 18.0 Å². The predicted octanol–water partition coefficient (Wildman–Crippen LogP) is 3.23. The van der Waals surface area contributed by atoms with Gasteiger partial charge in [0.1, 0.15) is 0 Å². The number of benzene rings is 2. The van der Waals surface area contributed by atoms with E-state index in [2.05, 4.69) is 4.72 Å². The highest BCUT2D eigenvalue weighted by Gasteiger charge is 2.25. The molecule has 1 aliphatic rings. The molecule has 1 aliphatic heterocycles. The average Bonchev–Trinajstić information content (AvgIpc) is 3.05. The van der Waals surface area contributed by atoms with Gasteiger partial charge >= 0.3 is 5.97 Å². The van der Waals surface area contributed by atoms with Gasteiger partial charge < -0.3 is 9.64 Å². The Morgan fingerprint density at radius 1 is 1.21 bits per heavy atom. The molecule has 1 N–H and O–H groups in total. The number of carbonyl (C=O) groups is 2. The van der Waals surface area contributed by atoms with Gasteiger partial charge in [0.15, 0.2) is 0 Å². The second-order valence-electron chi connectivity index (χ2n) is 6.23. The molecular weight excluding hydrogens is 404 g/mol. The van der Waals surface area contributed by atoms with Gasteiger partial charge in [-0.05, 0) is 55.3 Å². The van der Waals surface area contributed by atoms with Crippen LogP contribution in [0.5, 0.6) is 0 Å². The Kier molecular flexibility index (Phi) is 5.62. The molecule has 3 rings (SSSR count). The maximum atomic E-state index is 12.7. The molecule has 0 unspecified atom stereocenters. The molecule has 0 fully saturated rings. The van der Waals surface area contributed by atoms with Crippen LogP contribution in [0.2, 0.25) is 5.02 Å². The Balaban J connectivity index is 1.84. The van der Waals surface area contributed by atoms with Crippen LogP contribution in [0, 0.1) is 0 Å². The maximum absolute atomic E-state index is 12.7. The summed E-state index contributed by atoms with van der Waals surface area (Å²) in [5.74, 6) is -0.653. The maximum Gasteiger partial charge on any atom is 0.339 e. The van der Waals surface area contributed by atoms with Crippen molar-refractivity contribution in [2.24, 2.45) is 0 Å². The van der Waals surface area contributed by atoms with Crippen LogP contribution in [0.25, 0.3) is 0 Å². The van der Waals surface area contributed by atoms with Gasteiger partial charge in [-0.1, -0.05) is 11.6 Å². The highest BCUT2D eigenvalue weighted by Crippen LogP contribution is 2.31. The molecule has 0 atom stereocenters. The number of sulfonamides is 1. The van der Waals surface area contributed by atoms with Crippen molar-refractivity contribution in [3.05, 3.63) is 52.5 Å². The third kappa shape index (κ3) is 3.98. The number of nitrogens with one attached hydrogen (secondary N) is 1. The molecule has 0 spiro atoms. The zero-order chi connectivity index (χ0) is 20.5. The fourth-order valence-electron chi connectivity index (χ4n) is 3.04. The van der Waals surface area contributed by atoms with Crippen LogP contribution in [-0.4, -0.2) is 33.4 Å². The first-order valence-electron chi connectivity index (χ1n) is 8.63. The van der Waals surface area contributed by atoms with Gasteiger partial charge in [0, 0.05) is 19.2 Å². The Bertz CT molecular complexity index is 1050. The van der Waals surface area contributed by atoms with Crippen molar-refractivity contribution in [2.75, 3.05) is 22.8 Å². The number of hydrogen-bond donors (Lipinski definition) is 1. The smallest absolute Gasteiger partial charge is 0.339 e. The molecule has 0 aromatic heterocycles. The van der Waals surface area contributed by atoms with Gasteiger partial charge in [-0.2, -0.15) is 0 Å². The van der Waals surface area contributed by atoms with E-state index in [-0.39, 0.29) is 33.7 Å². The van der Waals surface area contributed by atoms with E-state index in [0.717, 1.165) is 11.3 Å². The van der Waals surface area contributed by atoms with Crippen LogP contribution in [-0.2, 0) is 26.0 Å². The van der Waals surface area contributed by atoms with Gasteiger partial charge in [-0.15, -0.1) is 0 Å². The second kappa shape index (κ2) is 7.81. The minimum Gasteiger partial charge on any atom is -0.462 e. The lowest BCUT2D eigenvalue weighted by atomic mass is 10.2. The zero-order valence-electron chi connectivity index (χ0n) is 15.4. The number of rotatable bonds is 5. The lowest BCUT2D eigenvalue weighted by molar-refractivity contribution is -0.116. The van der Waals surface area contributed by atoms with Gasteiger partial charge in [0.2, 0.25) is 5.91 Å². The summed E-state index contributed by atoms with van der Waals surface area (Å²) in [5.41, 5.74) is 1.92. The third-order valence-electron chi connectivity index (χ3n) is 4.35. The highest BCUT2D eigenvalue weighted by atomic mass is 35.5. The highest BCUT2D eigenvalue weighted by molar-refractivity contribution is 7.92. The molecular formula is C19H19ClN2O5S. The number of ether oxygens (including phenoxy) is 1. The van der Waals surface area contributed by atoms with E-state index in [1.54, 1.807) is 24.0 Å². The fraction of sp³-hybridized carbons (Fsp3) is 0.263. The molecule has 0 aliphatic carbocycles. The number of hydrogen-bond acceptors (Lipinski definition) is 5. The largest absolute Gasteiger partial charge is 0.462 e. The van der Waals surface area contributed by atoms with Gasteiger partial charge in [0.25, 0.3) is 10.0 Å². The van der Waals surface area contributed by atoms with Crippen molar-refractivity contribution in [3.8, 4) is 0 Å². The van der Waals surface area contributed by atoms with Crippen molar-refractivity contribution in [3.63, 3.8) is 0 Å². The van der Waals surface area contributed by atoms with Crippen LogP contribution in [0.3, 0.4) is 0 Å². The van der Waals surface area contributed by atoms with Crippen LogP contribution in [0.1, 0.15) is 29.8 Å². The molecule has 9 heteroatoms. The predicted molar refractivity (Wildman–Crippen MR) is 106 cm³/mol. The van der Waals surface area contributed by atoms with Gasteiger partial charge in [-0.25, -0.2) is 13.2 Å². The quantitative estimate of drug-likeness (QED) is 0.747. The first-order chi connectivity index (χ1) is 13.2. The Labute approximate surface area is 168 Å². The fourth-order valence-corrected chi connectivity index (χ4v) is 4.40. The van der Waals surface area contributed by atoms with Crippen molar-refractivity contribution < 1.29 is 22.7 Å². The number of carbonyl (C=O) groups excluding carboxylic acids is 2. The SMILES string of the molecule is CCOC(=O)c1ccc(NS(=O)(=O)c2ccc3c(c2)CCN3C(C)=O)cc1Cl. The van der Waals surface area contributed by atoms with Gasteiger partial charge in [-0.3, -0.25) is 9.52 Å². The van der Waals surface area contributed by atoms with E-state index >= 15 is 0 Å². The monoisotopic (exact) mass is 422 g/mol. The Morgan fingerprint density at radius 3 is 2.61 bits per heavy atom. The molecule has 0 saturated heterocycles. The van der Waals surface area contributed by atoms with Crippen LogP contribution in [0.15, 0.2) is 41.3 Å². The van der Waals surface area contributed by atoms with Crippen LogP contribution < -0.4 is 9.62 Å². The topological polar surface area (TPSA) is 92.8 Å². The zero-order valence-corrected chi connectivity index (χ0v) is 16.9. The molecule has 2 aromatic carbocycles. The Hall–Kier alpha value is -2.58. The van der Waals surface area contributed by atoms with Crippen molar-refractivity contribution in [1.82, 2.24) is 0 Å². The minimum absolute atomic E-state index is 0.0798. The molecule has 1 amide bonds. The molecule has 0 radical (unpaired) electrons. The first kappa shape index (κ1) is 20.2. The molecule has 2 aromatic rings. The number of nitrogens with zero attached hydrogens (tertiary/aromatic N) is 1. The van der Waals surface area contributed by atoms with E-state index in [1.165, 1.54) is 31.2 Å². The number of anilines is 2. The number of esters is 1. The standard InChI is InChI=1S/C19H19ClN2O5S/c1-3-27-19(24)16-6-4-14(11-17(16)20)21-28(25,26)15-5-7-18-13(10-15)8-9-22(18)12(2)23/h4-7,10-11,21H,3,8-9H2,1-2H3. The summed E-state index contributed by atoms with van der Waals surface area (Å²) in [7, 11) is -3.86. The van der Waals surface area contributed by atoms with Gasteiger partial charge in [0.05, 0.1) is 27.8 Å². The van der Waals surface area contributed by atoms with Crippen molar-refractivity contribution >= 4 is 44.9 Å². The summed E-state index contributed by atoms with van der Waals surface area (Å²) >= 11 is 6.08. The summed E-state index contributed by atoms with van der Waals surface area (Å²) < 4.78 is 32.8. The summed E-state index contributed by atoms with van der Waals surface area (Å²) in [5, 5.41) is 0.0877. The summed E-state index contributed by atoms with van der Waals surface area (Å²) in [6, 6.07) is 8.86. The molecule has 0 saturated carbocycles. The average molecular weight is 423 g/mol. The normalized spacial score (nSPS) is 13.2. The number of fused-ring (bicyclic) bond motifs is 1. The van der Waals surface area contributed by atoms with E-state index in [0.29, 0.717) is 13.0 Å². The molecule has 28 heavy (non-hydrogen) atoms. The van der Waals surface area contributed by atoms with Crippen LogP contribution >= 0.6 is 11.6 Å². The van der Waals surface area contributed by atoms with E-state index < -0.39 is 16.0 Å². The summed E-state index contributed by atoms with van der Waals surface area (Å²) in [6.45, 7) is 3.90. The second-order valence-corrected chi connectivity index (χ2v) is 8.32. The number of halogens is 1. The summed E-state index contributed by atoms with van der Waals surface area (Å²) in [6.07, 6.45) is 0.596. The molecule has 7 nitrogen and oxygen atoms in total. The third-order valence-corrected chi connectivity index (χ3v) is 6.05. The van der Waals surface area contributed by atoms with E-state index in [1.807, 2.05) is 0 Å². The van der Waals surface area contributed by atoms with Crippen LogP contribution in [0.4, 0.5) is 11.4 Å². The number of amides is 1. The Morgan fingerprint density at radius 2 is 1.96 bits per heavy atom. The summed E-state index contributed by atoms with van der Waals surface area (Å²) in [4.78, 5) is 25.1.